The molecule has 17 heavy (non-hydrogen) atoms. The van der Waals surface area contributed by atoms with Crippen molar-refractivity contribution >= 4 is 0 Å². The fourth-order valence-electron chi connectivity index (χ4n) is 1.81. The van der Waals surface area contributed by atoms with Gasteiger partial charge in [-0.1, -0.05) is 19.1 Å². The van der Waals surface area contributed by atoms with E-state index in [0.29, 0.717) is 5.92 Å². The summed E-state index contributed by atoms with van der Waals surface area (Å²) in [5.41, 5.74) is 6.73. The van der Waals surface area contributed by atoms with E-state index in [0.717, 1.165) is 31.6 Å². The van der Waals surface area contributed by atoms with Crippen molar-refractivity contribution < 1.29 is 4.39 Å². The molecule has 96 valence electrons. The zero-order chi connectivity index (χ0) is 12.7. The first-order chi connectivity index (χ1) is 8.11. The van der Waals surface area contributed by atoms with Gasteiger partial charge >= 0.3 is 0 Å². The van der Waals surface area contributed by atoms with E-state index in [-0.39, 0.29) is 5.82 Å². The summed E-state index contributed by atoms with van der Waals surface area (Å²) in [7, 11) is 2.09. The molecule has 1 aromatic carbocycles. The largest absolute Gasteiger partial charge is 0.330 e. The lowest BCUT2D eigenvalue weighted by molar-refractivity contribution is 0.309. The zero-order valence-electron chi connectivity index (χ0n) is 10.8. The topological polar surface area (TPSA) is 29.3 Å². The lowest BCUT2D eigenvalue weighted by Crippen LogP contribution is -2.20. The molecular weight excluding hydrogens is 215 g/mol. The van der Waals surface area contributed by atoms with Crippen LogP contribution in [-0.4, -0.2) is 25.0 Å². The molecular formula is C14H23FN2. The van der Waals surface area contributed by atoms with Gasteiger partial charge in [-0.15, -0.1) is 0 Å². The number of hydrogen-bond donors (Lipinski definition) is 1. The van der Waals surface area contributed by atoms with Crippen LogP contribution in [0.25, 0.3) is 0 Å². The molecule has 3 heteroatoms. The molecule has 0 aliphatic heterocycles. The SMILES string of the molecule is CC(CN)CCCN(C)Cc1ccc(F)cc1. The molecule has 0 fully saturated rings. The summed E-state index contributed by atoms with van der Waals surface area (Å²) in [5.74, 6) is 0.433. The van der Waals surface area contributed by atoms with E-state index in [2.05, 4.69) is 18.9 Å². The van der Waals surface area contributed by atoms with Gasteiger partial charge in [0.1, 0.15) is 5.82 Å². The summed E-state index contributed by atoms with van der Waals surface area (Å²) in [6, 6.07) is 6.71. The average molecular weight is 238 g/mol. The molecule has 1 atom stereocenters. The number of nitrogens with zero attached hydrogens (tertiary/aromatic N) is 1. The van der Waals surface area contributed by atoms with E-state index in [9.17, 15) is 4.39 Å². The summed E-state index contributed by atoms with van der Waals surface area (Å²) >= 11 is 0. The predicted octanol–water partition coefficient (Wildman–Crippen LogP) is 2.63. The molecule has 2 nitrogen and oxygen atoms in total. The van der Waals surface area contributed by atoms with Crippen molar-refractivity contribution in [3.05, 3.63) is 35.6 Å². The maximum atomic E-state index is 12.7. The molecule has 0 heterocycles. The van der Waals surface area contributed by atoms with E-state index in [1.54, 1.807) is 0 Å². The summed E-state index contributed by atoms with van der Waals surface area (Å²) in [6.07, 6.45) is 2.33. The minimum Gasteiger partial charge on any atom is -0.330 e. The van der Waals surface area contributed by atoms with Crippen LogP contribution in [0.2, 0.25) is 0 Å². The fraction of sp³-hybridized carbons (Fsp3) is 0.571. The highest BCUT2D eigenvalue weighted by Gasteiger charge is 2.03. The predicted molar refractivity (Wildman–Crippen MR) is 70.2 cm³/mol. The van der Waals surface area contributed by atoms with Crippen molar-refractivity contribution in [1.29, 1.82) is 0 Å². The van der Waals surface area contributed by atoms with Crippen molar-refractivity contribution in [2.75, 3.05) is 20.1 Å². The van der Waals surface area contributed by atoms with Gasteiger partial charge in [0.15, 0.2) is 0 Å². The third-order valence-electron chi connectivity index (χ3n) is 3.00. The van der Waals surface area contributed by atoms with Crippen LogP contribution < -0.4 is 5.73 Å². The van der Waals surface area contributed by atoms with Gasteiger partial charge in [0, 0.05) is 6.54 Å². The Morgan fingerprint density at radius 2 is 1.94 bits per heavy atom. The molecule has 0 saturated carbocycles. The Bertz CT molecular complexity index is 311. The van der Waals surface area contributed by atoms with Crippen LogP contribution in [0.4, 0.5) is 4.39 Å². The van der Waals surface area contributed by atoms with Crippen LogP contribution in [-0.2, 0) is 6.54 Å². The minimum atomic E-state index is -0.173. The van der Waals surface area contributed by atoms with Gasteiger partial charge in [-0.25, -0.2) is 4.39 Å². The second-order valence-electron chi connectivity index (χ2n) is 4.85. The van der Waals surface area contributed by atoms with Crippen molar-refractivity contribution in [3.63, 3.8) is 0 Å². The van der Waals surface area contributed by atoms with Gasteiger partial charge in [-0.05, 0) is 56.6 Å². The first-order valence-electron chi connectivity index (χ1n) is 6.25. The summed E-state index contributed by atoms with van der Waals surface area (Å²) < 4.78 is 12.7. The summed E-state index contributed by atoms with van der Waals surface area (Å²) in [5, 5.41) is 0. The molecule has 0 amide bonds. The second kappa shape index (κ2) is 7.41. The van der Waals surface area contributed by atoms with E-state index in [1.807, 2.05) is 12.1 Å². The van der Waals surface area contributed by atoms with E-state index >= 15 is 0 Å². The smallest absolute Gasteiger partial charge is 0.123 e. The third-order valence-corrected chi connectivity index (χ3v) is 3.00. The summed E-state index contributed by atoms with van der Waals surface area (Å²) in [4.78, 5) is 2.26. The molecule has 2 N–H and O–H groups in total. The minimum absolute atomic E-state index is 0.173. The summed E-state index contributed by atoms with van der Waals surface area (Å²) in [6.45, 7) is 4.88. The molecule has 0 spiro atoms. The third kappa shape index (κ3) is 5.80. The van der Waals surface area contributed by atoms with Crippen LogP contribution in [0.5, 0.6) is 0 Å². The van der Waals surface area contributed by atoms with E-state index in [4.69, 9.17) is 5.73 Å². The molecule has 0 bridgehead atoms. The molecule has 0 radical (unpaired) electrons. The lowest BCUT2D eigenvalue weighted by Gasteiger charge is -2.17. The van der Waals surface area contributed by atoms with Crippen molar-refractivity contribution in [2.24, 2.45) is 11.7 Å². The Kier molecular flexibility index (Phi) is 6.16. The van der Waals surface area contributed by atoms with Gasteiger partial charge in [-0.3, -0.25) is 0 Å². The number of hydrogen-bond acceptors (Lipinski definition) is 2. The van der Waals surface area contributed by atoms with Crippen molar-refractivity contribution in [1.82, 2.24) is 4.90 Å². The standard InChI is InChI=1S/C14H23FN2/c1-12(10-16)4-3-9-17(2)11-13-5-7-14(15)8-6-13/h5-8,12H,3-4,9-11,16H2,1-2H3. The normalized spacial score (nSPS) is 13.0. The Morgan fingerprint density at radius 3 is 2.53 bits per heavy atom. The molecule has 1 rings (SSSR count). The van der Waals surface area contributed by atoms with Gasteiger partial charge in [0.2, 0.25) is 0 Å². The lowest BCUT2D eigenvalue weighted by atomic mass is 10.1. The number of halogens is 1. The van der Waals surface area contributed by atoms with E-state index in [1.165, 1.54) is 18.6 Å². The Hall–Kier alpha value is -0.930. The molecule has 0 saturated heterocycles. The average Bonchev–Trinajstić information content (AvgIpc) is 2.32. The molecule has 1 aromatic rings. The molecule has 0 aliphatic rings. The van der Waals surface area contributed by atoms with Gasteiger partial charge in [0.05, 0.1) is 0 Å². The van der Waals surface area contributed by atoms with Gasteiger partial charge < -0.3 is 10.6 Å². The maximum absolute atomic E-state index is 12.7. The number of nitrogens with two attached hydrogens (primary N) is 1. The van der Waals surface area contributed by atoms with Crippen LogP contribution in [0.3, 0.4) is 0 Å². The fourth-order valence-corrected chi connectivity index (χ4v) is 1.81. The quantitative estimate of drug-likeness (QED) is 0.791. The van der Waals surface area contributed by atoms with Gasteiger partial charge in [-0.2, -0.15) is 0 Å². The van der Waals surface area contributed by atoms with Crippen LogP contribution in [0, 0.1) is 11.7 Å². The van der Waals surface area contributed by atoms with Crippen LogP contribution in [0.15, 0.2) is 24.3 Å². The van der Waals surface area contributed by atoms with Crippen LogP contribution >= 0.6 is 0 Å². The molecule has 0 aliphatic carbocycles. The van der Waals surface area contributed by atoms with Crippen molar-refractivity contribution in [2.45, 2.75) is 26.3 Å². The second-order valence-corrected chi connectivity index (χ2v) is 4.85. The molecule has 0 aromatic heterocycles. The van der Waals surface area contributed by atoms with E-state index < -0.39 is 0 Å². The highest BCUT2D eigenvalue weighted by atomic mass is 19.1. The zero-order valence-corrected chi connectivity index (χ0v) is 10.8. The monoisotopic (exact) mass is 238 g/mol. The number of rotatable bonds is 7. The Balaban J connectivity index is 2.25. The Labute approximate surface area is 104 Å². The first-order valence-corrected chi connectivity index (χ1v) is 6.25. The van der Waals surface area contributed by atoms with Crippen molar-refractivity contribution in [3.8, 4) is 0 Å². The highest BCUT2D eigenvalue weighted by Crippen LogP contribution is 2.08. The first kappa shape index (κ1) is 14.1. The van der Waals surface area contributed by atoms with Gasteiger partial charge in [0.25, 0.3) is 0 Å². The molecule has 1 unspecified atom stereocenters. The van der Waals surface area contributed by atoms with Crippen LogP contribution in [0.1, 0.15) is 25.3 Å². The Morgan fingerprint density at radius 1 is 1.29 bits per heavy atom. The number of benzene rings is 1. The highest BCUT2D eigenvalue weighted by molar-refractivity contribution is 5.15. The maximum Gasteiger partial charge on any atom is 0.123 e.